The second kappa shape index (κ2) is 9.05. The smallest absolute Gasteiger partial charge is 0.239 e. The van der Waals surface area contributed by atoms with E-state index < -0.39 is 0 Å². The van der Waals surface area contributed by atoms with Gasteiger partial charge in [-0.2, -0.15) is 0 Å². The van der Waals surface area contributed by atoms with Crippen LogP contribution in [0, 0.1) is 0 Å². The first-order valence-corrected chi connectivity index (χ1v) is 6.36. The zero-order chi connectivity index (χ0) is 14.8. The number of nitrogens with two attached hydrogens (primary N) is 1. The lowest BCUT2D eigenvalue weighted by Crippen LogP contribution is -2.32. The molecule has 0 fully saturated rings. The van der Waals surface area contributed by atoms with E-state index in [4.69, 9.17) is 15.2 Å². The lowest BCUT2D eigenvalue weighted by molar-refractivity contribution is -0.119. The Morgan fingerprint density at radius 1 is 1.45 bits per heavy atom. The van der Waals surface area contributed by atoms with E-state index in [2.05, 4.69) is 20.6 Å². The van der Waals surface area contributed by atoms with Crippen LogP contribution in [0.3, 0.4) is 0 Å². The maximum Gasteiger partial charge on any atom is 0.239 e. The molecule has 0 saturated heterocycles. The number of anilines is 2. The van der Waals surface area contributed by atoms with Gasteiger partial charge in [0, 0.05) is 26.3 Å². The van der Waals surface area contributed by atoms with Crippen LogP contribution in [0.25, 0.3) is 0 Å². The largest absolute Gasteiger partial charge is 0.384 e. The molecule has 0 atom stereocenters. The van der Waals surface area contributed by atoms with Gasteiger partial charge in [0.15, 0.2) is 5.82 Å². The standard InChI is InChI=1S/C12H21N5O3/c1-3-20-8-11-16-9(13)6-10(17-11)15-7-12(18)14-4-5-19-2/h6H,3-5,7-8H2,1-2H3,(H,14,18)(H3,13,15,16,17). The monoisotopic (exact) mass is 283 g/mol. The van der Waals surface area contributed by atoms with Crippen LogP contribution < -0.4 is 16.4 Å². The summed E-state index contributed by atoms with van der Waals surface area (Å²) in [6, 6.07) is 1.57. The van der Waals surface area contributed by atoms with Crippen molar-refractivity contribution in [1.82, 2.24) is 15.3 Å². The summed E-state index contributed by atoms with van der Waals surface area (Å²) in [7, 11) is 1.58. The first-order chi connectivity index (χ1) is 9.65. The molecule has 0 unspecified atom stereocenters. The number of methoxy groups -OCH3 is 1. The van der Waals surface area contributed by atoms with E-state index in [9.17, 15) is 4.79 Å². The van der Waals surface area contributed by atoms with Crippen molar-refractivity contribution in [3.63, 3.8) is 0 Å². The molecule has 8 nitrogen and oxygen atoms in total. The summed E-state index contributed by atoms with van der Waals surface area (Å²) < 4.78 is 10.1. The Hall–Kier alpha value is -1.93. The zero-order valence-electron chi connectivity index (χ0n) is 11.8. The summed E-state index contributed by atoms with van der Waals surface area (Å²) in [4.78, 5) is 19.8. The fourth-order valence-corrected chi connectivity index (χ4v) is 1.39. The molecular weight excluding hydrogens is 262 g/mol. The first kappa shape index (κ1) is 16.1. The third-order valence-electron chi connectivity index (χ3n) is 2.29. The van der Waals surface area contributed by atoms with Gasteiger partial charge in [-0.25, -0.2) is 9.97 Å². The Bertz CT molecular complexity index is 428. The highest BCUT2D eigenvalue weighted by Gasteiger charge is 2.05. The highest BCUT2D eigenvalue weighted by molar-refractivity contribution is 5.80. The number of rotatable bonds is 9. The van der Waals surface area contributed by atoms with Crippen molar-refractivity contribution in [1.29, 1.82) is 0 Å². The second-order valence-corrected chi connectivity index (χ2v) is 3.93. The van der Waals surface area contributed by atoms with Crippen LogP contribution in [-0.4, -0.2) is 49.3 Å². The van der Waals surface area contributed by atoms with Gasteiger partial charge in [-0.1, -0.05) is 0 Å². The van der Waals surface area contributed by atoms with E-state index in [-0.39, 0.29) is 19.1 Å². The number of amides is 1. The fourth-order valence-electron chi connectivity index (χ4n) is 1.39. The van der Waals surface area contributed by atoms with Crippen LogP contribution in [0.4, 0.5) is 11.6 Å². The molecule has 20 heavy (non-hydrogen) atoms. The number of carbonyl (C=O) groups excluding carboxylic acids is 1. The number of ether oxygens (including phenoxy) is 2. The Balaban J connectivity index is 2.46. The summed E-state index contributed by atoms with van der Waals surface area (Å²) in [5, 5.41) is 5.58. The normalized spacial score (nSPS) is 10.3. The quantitative estimate of drug-likeness (QED) is 0.537. The van der Waals surface area contributed by atoms with E-state index in [1.807, 2.05) is 6.92 Å². The summed E-state index contributed by atoms with van der Waals surface area (Å²) in [6.07, 6.45) is 0. The van der Waals surface area contributed by atoms with Gasteiger partial charge in [0.25, 0.3) is 0 Å². The van der Waals surface area contributed by atoms with Gasteiger partial charge in [0.05, 0.1) is 13.2 Å². The molecule has 0 aliphatic rings. The van der Waals surface area contributed by atoms with Gasteiger partial charge in [0.1, 0.15) is 18.2 Å². The molecule has 0 spiro atoms. The molecule has 0 radical (unpaired) electrons. The van der Waals surface area contributed by atoms with Crippen LogP contribution in [0.5, 0.6) is 0 Å². The molecule has 0 aliphatic heterocycles. The minimum Gasteiger partial charge on any atom is -0.384 e. The number of carbonyl (C=O) groups is 1. The van der Waals surface area contributed by atoms with Crippen LogP contribution in [0.15, 0.2) is 6.07 Å². The SMILES string of the molecule is CCOCc1nc(N)cc(NCC(=O)NCCOC)n1. The van der Waals surface area contributed by atoms with E-state index in [1.54, 1.807) is 13.2 Å². The third-order valence-corrected chi connectivity index (χ3v) is 2.29. The fraction of sp³-hybridized carbons (Fsp3) is 0.583. The van der Waals surface area contributed by atoms with Gasteiger partial charge in [-0.3, -0.25) is 4.79 Å². The number of nitrogens with zero attached hydrogens (tertiary/aromatic N) is 2. The van der Waals surface area contributed by atoms with Crippen molar-refractivity contribution >= 4 is 17.5 Å². The number of hydrogen-bond donors (Lipinski definition) is 3. The minimum atomic E-state index is -0.148. The average molecular weight is 283 g/mol. The van der Waals surface area contributed by atoms with E-state index >= 15 is 0 Å². The molecule has 0 saturated carbocycles. The molecule has 1 aromatic heterocycles. The summed E-state index contributed by atoms with van der Waals surface area (Å²) in [5.74, 6) is 1.16. The molecule has 4 N–H and O–H groups in total. The number of aromatic nitrogens is 2. The van der Waals surface area contributed by atoms with Crippen LogP contribution >= 0.6 is 0 Å². The Morgan fingerprint density at radius 3 is 2.95 bits per heavy atom. The van der Waals surface area contributed by atoms with Gasteiger partial charge in [-0.05, 0) is 6.92 Å². The van der Waals surface area contributed by atoms with Crippen molar-refractivity contribution in [3.05, 3.63) is 11.9 Å². The molecule has 112 valence electrons. The topological polar surface area (TPSA) is 111 Å². The van der Waals surface area contributed by atoms with Gasteiger partial charge >= 0.3 is 0 Å². The summed E-state index contributed by atoms with van der Waals surface area (Å²) in [6.45, 7) is 3.80. The van der Waals surface area contributed by atoms with Gasteiger partial charge < -0.3 is 25.8 Å². The van der Waals surface area contributed by atoms with E-state index in [0.717, 1.165) is 0 Å². The predicted octanol–water partition coefficient (Wildman–Crippen LogP) is -0.230. The van der Waals surface area contributed by atoms with Crippen LogP contribution in [0.2, 0.25) is 0 Å². The van der Waals surface area contributed by atoms with Crippen molar-refractivity contribution in [2.24, 2.45) is 0 Å². The Labute approximate surface area is 118 Å². The molecule has 1 aromatic rings. The second-order valence-electron chi connectivity index (χ2n) is 3.93. The van der Waals surface area contributed by atoms with Gasteiger partial charge in [-0.15, -0.1) is 0 Å². The third kappa shape index (κ3) is 6.30. The average Bonchev–Trinajstić information content (AvgIpc) is 2.43. The van der Waals surface area contributed by atoms with Crippen LogP contribution in [0.1, 0.15) is 12.7 Å². The lowest BCUT2D eigenvalue weighted by atomic mass is 10.4. The summed E-state index contributed by atoms with van der Waals surface area (Å²) in [5.41, 5.74) is 5.67. The molecule has 8 heteroatoms. The maximum absolute atomic E-state index is 11.5. The molecular formula is C12H21N5O3. The summed E-state index contributed by atoms with van der Waals surface area (Å²) >= 11 is 0. The Morgan fingerprint density at radius 2 is 2.25 bits per heavy atom. The molecule has 0 aromatic carbocycles. The van der Waals surface area contributed by atoms with Crippen molar-refractivity contribution in [2.75, 3.05) is 44.5 Å². The molecule has 1 amide bonds. The number of hydrogen-bond acceptors (Lipinski definition) is 7. The first-order valence-electron chi connectivity index (χ1n) is 6.36. The van der Waals surface area contributed by atoms with Crippen molar-refractivity contribution in [3.8, 4) is 0 Å². The van der Waals surface area contributed by atoms with Crippen molar-refractivity contribution < 1.29 is 14.3 Å². The van der Waals surface area contributed by atoms with Crippen molar-refractivity contribution in [2.45, 2.75) is 13.5 Å². The van der Waals surface area contributed by atoms with Crippen LogP contribution in [-0.2, 0) is 20.9 Å². The van der Waals surface area contributed by atoms with Gasteiger partial charge in [0.2, 0.25) is 5.91 Å². The lowest BCUT2D eigenvalue weighted by Gasteiger charge is -2.09. The molecule has 1 rings (SSSR count). The zero-order valence-corrected chi connectivity index (χ0v) is 11.8. The highest BCUT2D eigenvalue weighted by atomic mass is 16.5. The molecule has 0 bridgehead atoms. The predicted molar refractivity (Wildman–Crippen MR) is 75.1 cm³/mol. The maximum atomic E-state index is 11.5. The minimum absolute atomic E-state index is 0.105. The van der Waals surface area contributed by atoms with E-state index in [1.165, 1.54) is 0 Å². The number of nitrogens with one attached hydrogen (secondary N) is 2. The van der Waals surface area contributed by atoms with E-state index in [0.29, 0.717) is 37.2 Å². The highest BCUT2D eigenvalue weighted by Crippen LogP contribution is 2.08. The number of nitrogen functional groups attached to an aromatic ring is 1. The molecule has 0 aliphatic carbocycles. The molecule has 1 heterocycles. The Kier molecular flexibility index (Phi) is 7.30.